The van der Waals surface area contributed by atoms with Crippen LogP contribution in [0.25, 0.3) is 44.6 Å². The first kappa shape index (κ1) is 17.3. The zero-order valence-electron chi connectivity index (χ0n) is 16.7. The summed E-state index contributed by atoms with van der Waals surface area (Å²) < 4.78 is 0. The Morgan fingerprint density at radius 2 is 1.97 bits per heavy atom. The minimum atomic E-state index is 0.449. The van der Waals surface area contributed by atoms with Crippen molar-refractivity contribution >= 4 is 21.9 Å². The molecule has 1 aliphatic rings. The number of aromatic amines is 3. The third kappa shape index (κ3) is 2.80. The number of rotatable bonds is 3. The summed E-state index contributed by atoms with van der Waals surface area (Å²) in [4.78, 5) is 15.5. The number of benzene rings is 1. The molecule has 0 amide bonds. The van der Waals surface area contributed by atoms with Crippen LogP contribution in [0, 0.1) is 0 Å². The second-order valence-corrected chi connectivity index (χ2v) is 8.07. The normalized spacial score (nSPS) is 16.0. The molecular weight excluding hydrogens is 376 g/mol. The van der Waals surface area contributed by atoms with Crippen LogP contribution < -0.4 is 0 Å². The number of fused-ring (bicyclic) bond motifs is 2. The summed E-state index contributed by atoms with van der Waals surface area (Å²) in [5, 5.41) is 15.7. The van der Waals surface area contributed by atoms with Gasteiger partial charge in [-0.25, -0.2) is 4.98 Å². The Balaban J connectivity index is 1.45. The van der Waals surface area contributed by atoms with Crippen LogP contribution in [0.15, 0.2) is 42.9 Å². The number of hydrogen-bond donors (Lipinski definition) is 3. The van der Waals surface area contributed by atoms with E-state index in [1.165, 1.54) is 0 Å². The summed E-state index contributed by atoms with van der Waals surface area (Å²) in [7, 11) is 2.18. The summed E-state index contributed by atoms with van der Waals surface area (Å²) >= 11 is 0. The number of piperidine rings is 1. The van der Waals surface area contributed by atoms with E-state index in [2.05, 4.69) is 49.5 Å². The van der Waals surface area contributed by atoms with Crippen molar-refractivity contribution in [1.82, 2.24) is 40.2 Å². The SMILES string of the molecule is CN1CCC(c2nccc3[nH]c(-c4n[nH]c5ccc(-c6cn[nH]c6)cc45)nc23)CC1. The lowest BCUT2D eigenvalue weighted by Gasteiger charge is -2.28. The predicted octanol–water partition coefficient (Wildman–Crippen LogP) is 3.70. The average Bonchev–Trinajstić information content (AvgIpc) is 3.52. The zero-order chi connectivity index (χ0) is 20.1. The fourth-order valence-electron chi connectivity index (χ4n) is 4.43. The van der Waals surface area contributed by atoms with Crippen molar-refractivity contribution < 1.29 is 0 Å². The molecule has 1 fully saturated rings. The fraction of sp³-hybridized carbons (Fsp3) is 0.273. The molecule has 8 nitrogen and oxygen atoms in total. The minimum absolute atomic E-state index is 0.449. The van der Waals surface area contributed by atoms with E-state index in [0.29, 0.717) is 5.92 Å². The van der Waals surface area contributed by atoms with E-state index in [9.17, 15) is 0 Å². The first-order chi connectivity index (χ1) is 14.8. The molecule has 5 heterocycles. The molecule has 4 aromatic heterocycles. The van der Waals surface area contributed by atoms with Crippen LogP contribution in [0.4, 0.5) is 0 Å². The van der Waals surface area contributed by atoms with Crippen molar-refractivity contribution in [2.45, 2.75) is 18.8 Å². The number of imidazole rings is 1. The Bertz CT molecular complexity index is 1320. The van der Waals surface area contributed by atoms with Crippen LogP contribution in [0.2, 0.25) is 0 Å². The highest BCUT2D eigenvalue weighted by Gasteiger charge is 2.23. The lowest BCUT2D eigenvalue weighted by molar-refractivity contribution is 0.254. The predicted molar refractivity (Wildman–Crippen MR) is 116 cm³/mol. The summed E-state index contributed by atoms with van der Waals surface area (Å²) in [5.41, 5.74) is 7.00. The van der Waals surface area contributed by atoms with Crippen molar-refractivity contribution in [3.8, 4) is 22.6 Å². The summed E-state index contributed by atoms with van der Waals surface area (Å²) in [6, 6.07) is 8.23. The van der Waals surface area contributed by atoms with Gasteiger partial charge >= 0.3 is 0 Å². The third-order valence-corrected chi connectivity index (χ3v) is 6.15. The lowest BCUT2D eigenvalue weighted by Crippen LogP contribution is -2.29. The van der Waals surface area contributed by atoms with Crippen molar-refractivity contribution in [1.29, 1.82) is 0 Å². The van der Waals surface area contributed by atoms with Crippen LogP contribution in [0.5, 0.6) is 0 Å². The number of nitrogens with one attached hydrogen (secondary N) is 3. The van der Waals surface area contributed by atoms with Crippen molar-refractivity contribution in [3.05, 3.63) is 48.5 Å². The topological polar surface area (TPSA) is 102 Å². The molecule has 0 bridgehead atoms. The van der Waals surface area contributed by atoms with E-state index in [4.69, 9.17) is 9.97 Å². The van der Waals surface area contributed by atoms with Gasteiger partial charge in [0, 0.05) is 29.3 Å². The Morgan fingerprint density at radius 1 is 1.07 bits per heavy atom. The van der Waals surface area contributed by atoms with Crippen LogP contribution >= 0.6 is 0 Å². The summed E-state index contributed by atoms with van der Waals surface area (Å²) in [6.45, 7) is 2.20. The van der Waals surface area contributed by atoms with E-state index in [1.54, 1.807) is 0 Å². The number of H-pyrrole nitrogens is 3. The number of likely N-dealkylation sites (tertiary alicyclic amines) is 1. The van der Waals surface area contributed by atoms with Crippen molar-refractivity contribution in [2.24, 2.45) is 0 Å². The van der Waals surface area contributed by atoms with Crippen LogP contribution in [0.1, 0.15) is 24.5 Å². The van der Waals surface area contributed by atoms with Crippen molar-refractivity contribution in [2.75, 3.05) is 20.1 Å². The number of nitrogens with zero attached hydrogens (tertiary/aromatic N) is 5. The summed E-state index contributed by atoms with van der Waals surface area (Å²) in [6.07, 6.45) is 7.83. The van der Waals surface area contributed by atoms with Gasteiger partial charge < -0.3 is 9.88 Å². The maximum absolute atomic E-state index is 4.96. The van der Waals surface area contributed by atoms with E-state index in [0.717, 1.165) is 76.2 Å². The van der Waals surface area contributed by atoms with E-state index < -0.39 is 0 Å². The molecule has 1 saturated heterocycles. The highest BCUT2D eigenvalue weighted by atomic mass is 15.1. The largest absolute Gasteiger partial charge is 0.336 e. The molecule has 1 aromatic carbocycles. The molecular formula is C22H22N8. The summed E-state index contributed by atoms with van der Waals surface area (Å²) in [5.74, 6) is 1.22. The Labute approximate surface area is 172 Å². The van der Waals surface area contributed by atoms with Gasteiger partial charge in [-0.05, 0) is 56.7 Å². The molecule has 8 heteroatoms. The maximum atomic E-state index is 4.96. The number of pyridine rings is 1. The first-order valence-corrected chi connectivity index (χ1v) is 10.3. The minimum Gasteiger partial charge on any atom is -0.336 e. The molecule has 0 atom stereocenters. The van der Waals surface area contributed by atoms with Gasteiger partial charge in [0.1, 0.15) is 11.2 Å². The second kappa shape index (κ2) is 6.77. The fourth-order valence-corrected chi connectivity index (χ4v) is 4.43. The monoisotopic (exact) mass is 398 g/mol. The molecule has 150 valence electrons. The van der Waals surface area contributed by atoms with Gasteiger partial charge in [-0.2, -0.15) is 10.2 Å². The van der Waals surface area contributed by atoms with Gasteiger partial charge in [-0.15, -0.1) is 0 Å². The highest BCUT2D eigenvalue weighted by Crippen LogP contribution is 2.33. The molecule has 0 unspecified atom stereocenters. The van der Waals surface area contributed by atoms with E-state index in [1.807, 2.05) is 30.7 Å². The van der Waals surface area contributed by atoms with Crippen molar-refractivity contribution in [3.63, 3.8) is 0 Å². The van der Waals surface area contributed by atoms with Gasteiger partial charge in [0.05, 0.1) is 22.9 Å². The smallest absolute Gasteiger partial charge is 0.159 e. The van der Waals surface area contributed by atoms with Crippen LogP contribution in [0.3, 0.4) is 0 Å². The molecule has 5 aromatic rings. The average molecular weight is 398 g/mol. The Kier molecular flexibility index (Phi) is 3.92. The molecule has 0 spiro atoms. The van der Waals surface area contributed by atoms with Gasteiger partial charge in [0.2, 0.25) is 0 Å². The van der Waals surface area contributed by atoms with Gasteiger partial charge in [-0.3, -0.25) is 15.2 Å². The molecule has 0 saturated carbocycles. The Morgan fingerprint density at radius 3 is 2.80 bits per heavy atom. The Hall–Kier alpha value is -3.52. The molecule has 30 heavy (non-hydrogen) atoms. The lowest BCUT2D eigenvalue weighted by atomic mass is 9.92. The molecule has 3 N–H and O–H groups in total. The molecule has 1 aliphatic heterocycles. The standard InChI is InChI=1S/C22H22N8/c1-30-8-5-13(6-9-30)19-21-18(4-7-23-19)26-22(27-21)20-16-10-14(15-11-24-25-12-15)2-3-17(16)28-29-20/h2-4,7,10-13H,5-6,8-9H2,1H3,(H,24,25)(H,26,27)(H,28,29). The molecule has 0 radical (unpaired) electrons. The third-order valence-electron chi connectivity index (χ3n) is 6.15. The van der Waals surface area contributed by atoms with Gasteiger partial charge in [-0.1, -0.05) is 6.07 Å². The van der Waals surface area contributed by atoms with Crippen LogP contribution in [-0.4, -0.2) is 60.4 Å². The van der Waals surface area contributed by atoms with Crippen LogP contribution in [-0.2, 0) is 0 Å². The first-order valence-electron chi connectivity index (χ1n) is 10.3. The maximum Gasteiger partial charge on any atom is 0.159 e. The van der Waals surface area contributed by atoms with Gasteiger partial charge in [0.15, 0.2) is 5.82 Å². The second-order valence-electron chi connectivity index (χ2n) is 8.07. The molecule has 6 rings (SSSR count). The van der Waals surface area contributed by atoms with E-state index >= 15 is 0 Å². The highest BCUT2D eigenvalue weighted by molar-refractivity contribution is 5.95. The number of hydrogen-bond acceptors (Lipinski definition) is 5. The van der Waals surface area contributed by atoms with Gasteiger partial charge in [0.25, 0.3) is 0 Å². The number of aromatic nitrogens is 7. The zero-order valence-corrected chi connectivity index (χ0v) is 16.7. The molecule has 0 aliphatic carbocycles. The van der Waals surface area contributed by atoms with E-state index in [-0.39, 0.29) is 0 Å². The quantitative estimate of drug-likeness (QED) is 0.430.